The molecule has 0 fully saturated rings. The zero-order valence-electron chi connectivity index (χ0n) is 7.83. The van der Waals surface area contributed by atoms with Crippen LogP contribution in [0.2, 0.25) is 0 Å². The number of phenolic OH excluding ortho intramolecular Hbond substituents is 1. The normalized spacial score (nSPS) is 8.67. The van der Waals surface area contributed by atoms with Gasteiger partial charge in [-0.2, -0.15) is 0 Å². The van der Waals surface area contributed by atoms with E-state index in [0.717, 1.165) is 11.1 Å². The van der Waals surface area contributed by atoms with E-state index in [2.05, 4.69) is 0 Å². The zero-order chi connectivity index (χ0) is 9.56. The molecule has 0 aliphatic heterocycles. The van der Waals surface area contributed by atoms with E-state index < -0.39 is 0 Å². The van der Waals surface area contributed by atoms with Gasteiger partial charge >= 0.3 is 0 Å². The summed E-state index contributed by atoms with van der Waals surface area (Å²) in [6, 6.07) is 5.72. The number of hydrogen-bond acceptors (Lipinski definition) is 2. The third-order valence-electron chi connectivity index (χ3n) is 1.44. The lowest BCUT2D eigenvalue weighted by Crippen LogP contribution is -1.76. The van der Waals surface area contributed by atoms with Gasteiger partial charge in [0.05, 0.1) is 0 Å². The van der Waals surface area contributed by atoms with Crippen molar-refractivity contribution in [2.75, 3.05) is 6.61 Å². The summed E-state index contributed by atoms with van der Waals surface area (Å²) in [6.45, 7) is 5.71. The molecule has 2 N–H and O–H groups in total. The molecule has 0 unspecified atom stereocenters. The minimum atomic E-state index is 0.250. The van der Waals surface area contributed by atoms with Crippen LogP contribution in [0.5, 0.6) is 5.75 Å². The molecule has 0 spiro atoms. The molecule has 0 aromatic heterocycles. The van der Waals surface area contributed by atoms with E-state index in [1.165, 1.54) is 0 Å². The molecule has 0 saturated heterocycles. The Balaban J connectivity index is 0.000000354. The first kappa shape index (κ1) is 11.0. The molecular weight excluding hydrogens is 152 g/mol. The van der Waals surface area contributed by atoms with E-state index in [4.69, 9.17) is 5.11 Å². The van der Waals surface area contributed by atoms with Crippen LogP contribution >= 0.6 is 0 Å². The lowest BCUT2D eigenvalue weighted by molar-refractivity contribution is 0.318. The predicted octanol–water partition coefficient (Wildman–Crippen LogP) is 2.01. The summed E-state index contributed by atoms with van der Waals surface area (Å²) in [6.07, 6.45) is 0. The second-order valence-electron chi connectivity index (χ2n) is 2.56. The first-order valence-corrected chi connectivity index (χ1v) is 3.99. The minimum absolute atomic E-state index is 0.250. The quantitative estimate of drug-likeness (QED) is 0.622. The number of aliphatic hydroxyl groups excluding tert-OH is 1. The Morgan fingerprint density at radius 2 is 1.50 bits per heavy atom. The standard InChI is InChI=1S/C8H10O.C2H6O/c1-6-4-3-5-7(2)8(6)9;1-2-3/h3-5,9H,1-2H3;3H,2H2,1H3. The molecule has 0 bridgehead atoms. The summed E-state index contributed by atoms with van der Waals surface area (Å²) in [5.41, 5.74) is 1.88. The molecule has 0 heterocycles. The highest BCUT2D eigenvalue weighted by Gasteiger charge is 1.95. The molecule has 1 rings (SSSR count). The Bertz CT molecular complexity index is 211. The number of benzene rings is 1. The third-order valence-corrected chi connectivity index (χ3v) is 1.44. The molecule has 1 aromatic carbocycles. The van der Waals surface area contributed by atoms with E-state index in [1.807, 2.05) is 32.0 Å². The van der Waals surface area contributed by atoms with Crippen molar-refractivity contribution in [3.05, 3.63) is 29.3 Å². The van der Waals surface area contributed by atoms with E-state index >= 15 is 0 Å². The maximum absolute atomic E-state index is 9.21. The monoisotopic (exact) mass is 168 g/mol. The third kappa shape index (κ3) is 3.39. The van der Waals surface area contributed by atoms with Crippen molar-refractivity contribution >= 4 is 0 Å². The molecule has 0 atom stereocenters. The molecular formula is C10H16O2. The SMILES string of the molecule is CCO.Cc1cccc(C)c1O. The van der Waals surface area contributed by atoms with Crippen molar-refractivity contribution < 1.29 is 10.2 Å². The van der Waals surface area contributed by atoms with Crippen LogP contribution in [0.1, 0.15) is 18.1 Å². The van der Waals surface area contributed by atoms with Gasteiger partial charge < -0.3 is 10.2 Å². The Kier molecular flexibility index (Phi) is 5.13. The lowest BCUT2D eigenvalue weighted by Gasteiger charge is -1.99. The van der Waals surface area contributed by atoms with Gasteiger partial charge in [-0.25, -0.2) is 0 Å². The Labute approximate surface area is 73.5 Å². The topological polar surface area (TPSA) is 40.5 Å². The number of aromatic hydroxyl groups is 1. The van der Waals surface area contributed by atoms with Gasteiger partial charge in [0.2, 0.25) is 0 Å². The highest BCUT2D eigenvalue weighted by molar-refractivity contribution is 5.37. The maximum Gasteiger partial charge on any atom is 0.121 e. The van der Waals surface area contributed by atoms with Crippen molar-refractivity contribution in [1.29, 1.82) is 0 Å². The molecule has 2 heteroatoms. The molecule has 0 amide bonds. The van der Waals surface area contributed by atoms with Gasteiger partial charge in [-0.05, 0) is 31.9 Å². The van der Waals surface area contributed by atoms with E-state index in [1.54, 1.807) is 6.92 Å². The number of hydrogen-bond donors (Lipinski definition) is 2. The first-order valence-electron chi connectivity index (χ1n) is 3.99. The van der Waals surface area contributed by atoms with Gasteiger partial charge in [0.1, 0.15) is 5.75 Å². The van der Waals surface area contributed by atoms with Crippen LogP contribution in [0.3, 0.4) is 0 Å². The summed E-state index contributed by atoms with van der Waals surface area (Å²) in [5.74, 6) is 0.414. The van der Waals surface area contributed by atoms with E-state index in [9.17, 15) is 5.11 Å². The fourth-order valence-corrected chi connectivity index (χ4v) is 0.806. The molecule has 68 valence electrons. The Morgan fingerprint density at radius 3 is 1.75 bits per heavy atom. The van der Waals surface area contributed by atoms with Crippen molar-refractivity contribution in [3.63, 3.8) is 0 Å². The molecule has 12 heavy (non-hydrogen) atoms. The lowest BCUT2D eigenvalue weighted by atomic mass is 10.1. The summed E-state index contributed by atoms with van der Waals surface area (Å²) in [5, 5.41) is 16.8. The highest BCUT2D eigenvalue weighted by atomic mass is 16.3. The second-order valence-corrected chi connectivity index (χ2v) is 2.56. The fraction of sp³-hybridized carbons (Fsp3) is 0.400. The van der Waals surface area contributed by atoms with Crippen molar-refractivity contribution in [2.24, 2.45) is 0 Å². The van der Waals surface area contributed by atoms with Crippen LogP contribution in [0.15, 0.2) is 18.2 Å². The van der Waals surface area contributed by atoms with Gasteiger partial charge in [-0.15, -0.1) is 0 Å². The molecule has 1 aromatic rings. The van der Waals surface area contributed by atoms with Crippen LogP contribution in [0, 0.1) is 13.8 Å². The summed E-state index contributed by atoms with van der Waals surface area (Å²) in [7, 11) is 0. The van der Waals surface area contributed by atoms with Crippen LogP contribution < -0.4 is 0 Å². The molecule has 0 aliphatic rings. The minimum Gasteiger partial charge on any atom is -0.507 e. The Hall–Kier alpha value is -1.02. The number of para-hydroxylation sites is 1. The summed E-state index contributed by atoms with van der Waals surface area (Å²) in [4.78, 5) is 0. The van der Waals surface area contributed by atoms with Gasteiger partial charge in [0.15, 0.2) is 0 Å². The van der Waals surface area contributed by atoms with Crippen LogP contribution in [0.25, 0.3) is 0 Å². The number of aliphatic hydroxyl groups is 1. The maximum atomic E-state index is 9.21. The average molecular weight is 168 g/mol. The number of rotatable bonds is 0. The smallest absolute Gasteiger partial charge is 0.121 e. The zero-order valence-corrected chi connectivity index (χ0v) is 7.83. The average Bonchev–Trinajstić information content (AvgIpc) is 2.02. The van der Waals surface area contributed by atoms with Gasteiger partial charge in [0, 0.05) is 6.61 Å². The van der Waals surface area contributed by atoms with Crippen molar-refractivity contribution in [1.82, 2.24) is 0 Å². The molecule has 0 radical (unpaired) electrons. The summed E-state index contributed by atoms with van der Waals surface area (Å²) < 4.78 is 0. The van der Waals surface area contributed by atoms with E-state index in [-0.39, 0.29) is 6.61 Å². The van der Waals surface area contributed by atoms with Gasteiger partial charge in [-0.3, -0.25) is 0 Å². The Morgan fingerprint density at radius 1 is 1.17 bits per heavy atom. The number of phenols is 1. The first-order chi connectivity index (χ1) is 5.63. The van der Waals surface area contributed by atoms with Crippen LogP contribution in [-0.2, 0) is 0 Å². The van der Waals surface area contributed by atoms with Crippen LogP contribution in [-0.4, -0.2) is 16.8 Å². The molecule has 2 nitrogen and oxygen atoms in total. The van der Waals surface area contributed by atoms with Crippen molar-refractivity contribution in [3.8, 4) is 5.75 Å². The summed E-state index contributed by atoms with van der Waals surface area (Å²) >= 11 is 0. The van der Waals surface area contributed by atoms with Gasteiger partial charge in [0.25, 0.3) is 0 Å². The highest BCUT2D eigenvalue weighted by Crippen LogP contribution is 2.19. The second kappa shape index (κ2) is 5.61. The number of aryl methyl sites for hydroxylation is 2. The van der Waals surface area contributed by atoms with Gasteiger partial charge in [-0.1, -0.05) is 18.2 Å². The fourth-order valence-electron chi connectivity index (χ4n) is 0.806. The van der Waals surface area contributed by atoms with E-state index in [0.29, 0.717) is 5.75 Å². The molecule has 0 saturated carbocycles. The van der Waals surface area contributed by atoms with Crippen LogP contribution in [0.4, 0.5) is 0 Å². The van der Waals surface area contributed by atoms with Crippen molar-refractivity contribution in [2.45, 2.75) is 20.8 Å². The molecule has 0 aliphatic carbocycles. The predicted molar refractivity (Wildman–Crippen MR) is 50.3 cm³/mol. The largest absolute Gasteiger partial charge is 0.507 e.